The van der Waals surface area contributed by atoms with Crippen LogP contribution in [0.1, 0.15) is 39.5 Å². The first-order chi connectivity index (χ1) is 6.66. The molecule has 0 aromatic carbocycles. The Morgan fingerprint density at radius 3 is 2.71 bits per heavy atom. The van der Waals surface area contributed by atoms with Crippen LogP contribution >= 0.6 is 0 Å². The Bertz CT molecular complexity index is 192. The summed E-state index contributed by atoms with van der Waals surface area (Å²) in [5, 5.41) is 8.79. The Balaban J connectivity index is 2.52. The molecule has 1 aliphatic carbocycles. The molecule has 0 amide bonds. The number of hydrogen-bond acceptors (Lipinski definition) is 3. The molecule has 82 valence electrons. The maximum Gasteiger partial charge on any atom is 0.149 e. The molecule has 0 bridgehead atoms. The number of hydrogen-bond donors (Lipinski definition) is 1. The number of ketones is 1. The quantitative estimate of drug-likeness (QED) is 0.723. The van der Waals surface area contributed by atoms with Gasteiger partial charge in [-0.15, -0.1) is 0 Å². The number of nitrogens with zero attached hydrogens (tertiary/aromatic N) is 1. The zero-order valence-corrected chi connectivity index (χ0v) is 9.20. The van der Waals surface area contributed by atoms with Crippen LogP contribution in [0.25, 0.3) is 0 Å². The van der Waals surface area contributed by atoms with Crippen molar-refractivity contribution >= 4 is 5.78 Å². The van der Waals surface area contributed by atoms with Crippen molar-refractivity contribution in [3.63, 3.8) is 0 Å². The van der Waals surface area contributed by atoms with Gasteiger partial charge in [0.1, 0.15) is 5.78 Å². The maximum absolute atomic E-state index is 11.6. The predicted molar refractivity (Wildman–Crippen MR) is 56.2 cm³/mol. The van der Waals surface area contributed by atoms with Crippen LogP contribution in [-0.4, -0.2) is 41.0 Å². The fourth-order valence-corrected chi connectivity index (χ4v) is 2.18. The van der Waals surface area contributed by atoms with Crippen LogP contribution in [0.3, 0.4) is 0 Å². The molecular weight excluding hydrogens is 178 g/mol. The van der Waals surface area contributed by atoms with E-state index in [1.54, 1.807) is 0 Å². The standard InChI is InChI=1S/C11H21NO2/c1-9(2)12(7-4-8-13)10-5-3-6-11(10)14/h9-10,13H,3-8H2,1-2H3. The van der Waals surface area contributed by atoms with Gasteiger partial charge in [-0.3, -0.25) is 9.69 Å². The summed E-state index contributed by atoms with van der Waals surface area (Å²) < 4.78 is 0. The minimum Gasteiger partial charge on any atom is -0.396 e. The summed E-state index contributed by atoms with van der Waals surface area (Å²) in [5.41, 5.74) is 0. The van der Waals surface area contributed by atoms with Crippen molar-refractivity contribution in [2.75, 3.05) is 13.2 Å². The van der Waals surface area contributed by atoms with Crippen molar-refractivity contribution in [1.29, 1.82) is 0 Å². The molecule has 0 aromatic rings. The maximum atomic E-state index is 11.6. The Morgan fingerprint density at radius 2 is 2.29 bits per heavy atom. The van der Waals surface area contributed by atoms with Gasteiger partial charge in [0.2, 0.25) is 0 Å². The molecule has 0 aliphatic heterocycles. The summed E-state index contributed by atoms with van der Waals surface area (Å²) in [7, 11) is 0. The van der Waals surface area contributed by atoms with Gasteiger partial charge in [0, 0.05) is 25.6 Å². The summed E-state index contributed by atoms with van der Waals surface area (Å²) in [4.78, 5) is 13.8. The van der Waals surface area contributed by atoms with Gasteiger partial charge in [-0.1, -0.05) is 0 Å². The van der Waals surface area contributed by atoms with Crippen molar-refractivity contribution in [3.8, 4) is 0 Å². The Morgan fingerprint density at radius 1 is 1.57 bits per heavy atom. The second-order valence-electron chi connectivity index (χ2n) is 4.28. The van der Waals surface area contributed by atoms with Crippen molar-refractivity contribution in [2.24, 2.45) is 0 Å². The Hall–Kier alpha value is -0.410. The molecule has 0 radical (unpaired) electrons. The van der Waals surface area contributed by atoms with Crippen LogP contribution in [0.2, 0.25) is 0 Å². The van der Waals surface area contributed by atoms with Crippen molar-refractivity contribution in [2.45, 2.75) is 51.6 Å². The highest BCUT2D eigenvalue weighted by molar-refractivity contribution is 5.85. The van der Waals surface area contributed by atoms with Gasteiger partial charge in [0.05, 0.1) is 6.04 Å². The summed E-state index contributed by atoms with van der Waals surface area (Å²) in [6.45, 7) is 5.28. The molecule has 1 aliphatic rings. The number of aliphatic hydroxyl groups excluding tert-OH is 1. The van der Waals surface area contributed by atoms with Crippen LogP contribution < -0.4 is 0 Å². The highest BCUT2D eigenvalue weighted by atomic mass is 16.3. The first-order valence-corrected chi connectivity index (χ1v) is 5.56. The van der Waals surface area contributed by atoms with Gasteiger partial charge in [-0.2, -0.15) is 0 Å². The molecule has 1 atom stereocenters. The lowest BCUT2D eigenvalue weighted by Gasteiger charge is -2.31. The minimum absolute atomic E-state index is 0.126. The smallest absolute Gasteiger partial charge is 0.149 e. The molecule has 1 unspecified atom stereocenters. The zero-order valence-electron chi connectivity index (χ0n) is 9.20. The Labute approximate surface area is 86.1 Å². The van der Waals surface area contributed by atoms with Gasteiger partial charge >= 0.3 is 0 Å². The summed E-state index contributed by atoms with van der Waals surface area (Å²) in [6, 6.07) is 0.523. The SMILES string of the molecule is CC(C)N(CCCO)C1CCCC1=O. The molecule has 1 saturated carbocycles. The largest absolute Gasteiger partial charge is 0.396 e. The zero-order chi connectivity index (χ0) is 10.6. The van der Waals surface area contributed by atoms with Crippen LogP contribution in [0.15, 0.2) is 0 Å². The third-order valence-electron chi connectivity index (χ3n) is 2.91. The third kappa shape index (κ3) is 2.79. The van der Waals surface area contributed by atoms with Gasteiger partial charge in [0.25, 0.3) is 0 Å². The molecule has 0 saturated heterocycles. The number of rotatable bonds is 5. The average molecular weight is 199 g/mol. The first-order valence-electron chi connectivity index (χ1n) is 5.56. The van der Waals surface area contributed by atoms with E-state index < -0.39 is 0 Å². The second kappa shape index (κ2) is 5.47. The summed E-state index contributed by atoms with van der Waals surface area (Å²) in [5.74, 6) is 0.386. The number of aliphatic hydroxyl groups is 1. The highest BCUT2D eigenvalue weighted by Gasteiger charge is 2.30. The van der Waals surface area contributed by atoms with Gasteiger partial charge in [-0.25, -0.2) is 0 Å². The molecule has 1 N–H and O–H groups in total. The van der Waals surface area contributed by atoms with E-state index in [1.807, 2.05) is 0 Å². The second-order valence-corrected chi connectivity index (χ2v) is 4.28. The molecule has 3 nitrogen and oxygen atoms in total. The number of carbonyl (C=O) groups is 1. The molecule has 0 aromatic heterocycles. The lowest BCUT2D eigenvalue weighted by atomic mass is 10.1. The van der Waals surface area contributed by atoms with Crippen molar-refractivity contribution in [1.82, 2.24) is 4.90 Å². The van der Waals surface area contributed by atoms with E-state index in [1.165, 1.54) is 0 Å². The van der Waals surface area contributed by atoms with Crippen LogP contribution in [0, 0.1) is 0 Å². The fraction of sp³-hybridized carbons (Fsp3) is 0.909. The normalized spacial score (nSPS) is 22.6. The van der Waals surface area contributed by atoms with E-state index in [0.717, 1.165) is 32.2 Å². The van der Waals surface area contributed by atoms with E-state index >= 15 is 0 Å². The molecular formula is C11H21NO2. The topological polar surface area (TPSA) is 40.5 Å². The van der Waals surface area contributed by atoms with E-state index in [-0.39, 0.29) is 12.6 Å². The van der Waals surface area contributed by atoms with Crippen molar-refractivity contribution < 1.29 is 9.90 Å². The van der Waals surface area contributed by atoms with E-state index in [4.69, 9.17) is 5.11 Å². The molecule has 1 fully saturated rings. The van der Waals surface area contributed by atoms with Crippen LogP contribution in [0.5, 0.6) is 0 Å². The van der Waals surface area contributed by atoms with Crippen LogP contribution in [0.4, 0.5) is 0 Å². The van der Waals surface area contributed by atoms with Gasteiger partial charge in [-0.05, 0) is 33.1 Å². The van der Waals surface area contributed by atoms with Crippen LogP contribution in [-0.2, 0) is 4.79 Å². The number of carbonyl (C=O) groups excluding carboxylic acids is 1. The van der Waals surface area contributed by atoms with E-state index in [9.17, 15) is 4.79 Å². The molecule has 0 heterocycles. The third-order valence-corrected chi connectivity index (χ3v) is 2.91. The number of Topliss-reactive ketones (excluding diaryl/α,β-unsaturated/α-hetero) is 1. The molecule has 1 rings (SSSR count). The first kappa shape index (κ1) is 11.7. The van der Waals surface area contributed by atoms with E-state index in [0.29, 0.717) is 11.8 Å². The monoisotopic (exact) mass is 199 g/mol. The van der Waals surface area contributed by atoms with Gasteiger partial charge in [0.15, 0.2) is 0 Å². The minimum atomic E-state index is 0.126. The molecule has 14 heavy (non-hydrogen) atoms. The predicted octanol–water partition coefficient (Wildman–Crippen LogP) is 1.20. The summed E-state index contributed by atoms with van der Waals surface area (Å²) in [6.07, 6.45) is 3.54. The Kier molecular flexibility index (Phi) is 4.55. The lowest BCUT2D eigenvalue weighted by molar-refractivity contribution is -0.122. The molecule has 0 spiro atoms. The van der Waals surface area contributed by atoms with Crippen molar-refractivity contribution in [3.05, 3.63) is 0 Å². The summed E-state index contributed by atoms with van der Waals surface area (Å²) >= 11 is 0. The highest BCUT2D eigenvalue weighted by Crippen LogP contribution is 2.22. The average Bonchev–Trinajstić information content (AvgIpc) is 2.52. The molecule has 3 heteroatoms. The van der Waals surface area contributed by atoms with E-state index in [2.05, 4.69) is 18.7 Å². The fourth-order valence-electron chi connectivity index (χ4n) is 2.18. The lowest BCUT2D eigenvalue weighted by Crippen LogP contribution is -2.43. The van der Waals surface area contributed by atoms with Gasteiger partial charge < -0.3 is 5.11 Å².